The fraction of sp³-hybridized carbons (Fsp3) is 0.188. The van der Waals surface area contributed by atoms with E-state index >= 15 is 0 Å². The summed E-state index contributed by atoms with van der Waals surface area (Å²) in [5.74, 6) is -0.290. The zero-order valence-corrected chi connectivity index (χ0v) is 13.4. The van der Waals surface area contributed by atoms with Crippen LogP contribution in [0.25, 0.3) is 0 Å². The van der Waals surface area contributed by atoms with Gasteiger partial charge in [0, 0.05) is 10.9 Å². The molecule has 0 fully saturated rings. The van der Waals surface area contributed by atoms with E-state index in [0.29, 0.717) is 21.5 Å². The van der Waals surface area contributed by atoms with E-state index in [1.807, 2.05) is 24.3 Å². The van der Waals surface area contributed by atoms with E-state index in [1.165, 1.54) is 0 Å². The molecule has 0 aliphatic heterocycles. The van der Waals surface area contributed by atoms with Crippen LogP contribution in [0, 0.1) is 0 Å². The van der Waals surface area contributed by atoms with Crippen LogP contribution in [0.2, 0.25) is 5.02 Å². The summed E-state index contributed by atoms with van der Waals surface area (Å²) in [6.45, 7) is 0. The van der Waals surface area contributed by atoms with Crippen molar-refractivity contribution in [3.63, 3.8) is 0 Å². The molecule has 0 spiro atoms. The average molecular weight is 367 g/mol. The highest BCUT2D eigenvalue weighted by Crippen LogP contribution is 2.32. The Kier molecular flexibility index (Phi) is 4.02. The fourth-order valence-corrected chi connectivity index (χ4v) is 3.22. The van der Waals surface area contributed by atoms with Crippen LogP contribution in [0.15, 0.2) is 46.9 Å². The molecule has 3 rings (SSSR count). The number of carbonyl (C=O) groups excluding carboxylic acids is 1. The Hall–Kier alpha value is -1.36. The van der Waals surface area contributed by atoms with Crippen molar-refractivity contribution in [2.75, 3.05) is 0 Å². The third-order valence-electron chi connectivity index (χ3n) is 3.69. The predicted molar refractivity (Wildman–Crippen MR) is 85.5 cm³/mol. The quantitative estimate of drug-likeness (QED) is 0.855. The second-order valence-electron chi connectivity index (χ2n) is 5.02. The summed E-state index contributed by atoms with van der Waals surface area (Å²) in [4.78, 5) is 12.4. The predicted octanol–water partition coefficient (Wildman–Crippen LogP) is 3.49. The number of rotatable bonds is 2. The zero-order chi connectivity index (χ0) is 15.0. The molecular formula is C16H13BrClNO2. The van der Waals surface area contributed by atoms with E-state index in [2.05, 4.69) is 21.2 Å². The number of aliphatic hydroxyl groups is 1. The largest absolute Gasteiger partial charge is 0.390 e. The first-order valence-corrected chi connectivity index (χ1v) is 7.76. The molecule has 5 heteroatoms. The van der Waals surface area contributed by atoms with Crippen LogP contribution in [-0.2, 0) is 6.42 Å². The molecule has 2 atom stereocenters. The lowest BCUT2D eigenvalue weighted by Gasteiger charge is -2.18. The Bertz CT molecular complexity index is 704. The van der Waals surface area contributed by atoms with Crippen LogP contribution in [0.3, 0.4) is 0 Å². The van der Waals surface area contributed by atoms with Gasteiger partial charge in [-0.3, -0.25) is 4.79 Å². The molecule has 2 unspecified atom stereocenters. The van der Waals surface area contributed by atoms with Gasteiger partial charge in [0.2, 0.25) is 0 Å². The first-order valence-electron chi connectivity index (χ1n) is 6.58. The number of hydrogen-bond donors (Lipinski definition) is 2. The SMILES string of the molecule is O=C(NC1c2ccccc2CC1O)c1cccc(Br)c1Cl. The van der Waals surface area contributed by atoms with Crippen LogP contribution >= 0.6 is 27.5 Å². The Labute approximate surface area is 136 Å². The smallest absolute Gasteiger partial charge is 0.253 e. The highest BCUT2D eigenvalue weighted by Gasteiger charge is 2.32. The normalized spacial score (nSPS) is 20.1. The van der Waals surface area contributed by atoms with Gasteiger partial charge in [-0.1, -0.05) is 41.9 Å². The summed E-state index contributed by atoms with van der Waals surface area (Å²) in [6.07, 6.45) is -0.0647. The highest BCUT2D eigenvalue weighted by atomic mass is 79.9. The number of nitrogens with one attached hydrogen (secondary N) is 1. The first-order chi connectivity index (χ1) is 10.1. The van der Waals surface area contributed by atoms with Crippen LogP contribution in [0.5, 0.6) is 0 Å². The maximum Gasteiger partial charge on any atom is 0.253 e. The number of halogens is 2. The standard InChI is InChI=1S/C16H13BrClNO2/c17-12-7-3-6-11(14(12)18)16(21)19-15-10-5-2-1-4-9(10)8-13(15)20/h1-7,13,15,20H,8H2,(H,19,21). The zero-order valence-electron chi connectivity index (χ0n) is 11.0. The summed E-state index contributed by atoms with van der Waals surface area (Å²) >= 11 is 9.44. The van der Waals surface area contributed by atoms with Gasteiger partial charge in [0.05, 0.1) is 22.7 Å². The summed E-state index contributed by atoms with van der Waals surface area (Å²) in [5, 5.41) is 13.4. The number of hydrogen-bond acceptors (Lipinski definition) is 2. The van der Waals surface area contributed by atoms with Crippen LogP contribution in [0.4, 0.5) is 0 Å². The van der Waals surface area contributed by atoms with Crippen molar-refractivity contribution in [2.45, 2.75) is 18.6 Å². The molecular weight excluding hydrogens is 354 g/mol. The molecule has 1 aliphatic carbocycles. The molecule has 0 aromatic heterocycles. The van der Waals surface area contributed by atoms with Crippen LogP contribution < -0.4 is 5.32 Å². The molecule has 0 bridgehead atoms. The van der Waals surface area contributed by atoms with Crippen molar-refractivity contribution in [3.8, 4) is 0 Å². The Balaban J connectivity index is 1.87. The second kappa shape index (κ2) is 5.79. The molecule has 108 valence electrons. The van der Waals surface area contributed by atoms with Gasteiger partial charge < -0.3 is 10.4 Å². The van der Waals surface area contributed by atoms with Crippen LogP contribution in [-0.4, -0.2) is 17.1 Å². The summed E-state index contributed by atoms with van der Waals surface area (Å²) in [7, 11) is 0. The van der Waals surface area contributed by atoms with Gasteiger partial charge in [-0.15, -0.1) is 0 Å². The number of amides is 1. The summed E-state index contributed by atoms with van der Waals surface area (Å²) < 4.78 is 0.671. The molecule has 0 radical (unpaired) electrons. The monoisotopic (exact) mass is 365 g/mol. The average Bonchev–Trinajstić information content (AvgIpc) is 2.78. The van der Waals surface area contributed by atoms with E-state index < -0.39 is 12.1 Å². The summed E-state index contributed by atoms with van der Waals surface area (Å²) in [6, 6.07) is 12.5. The Morgan fingerprint density at radius 3 is 2.81 bits per heavy atom. The minimum Gasteiger partial charge on any atom is -0.390 e. The number of benzene rings is 2. The molecule has 0 heterocycles. The van der Waals surface area contributed by atoms with Crippen molar-refractivity contribution < 1.29 is 9.90 Å². The highest BCUT2D eigenvalue weighted by molar-refractivity contribution is 9.10. The topological polar surface area (TPSA) is 49.3 Å². The van der Waals surface area contributed by atoms with Crippen LogP contribution in [0.1, 0.15) is 27.5 Å². The minimum atomic E-state index is -0.614. The molecule has 21 heavy (non-hydrogen) atoms. The van der Waals surface area contributed by atoms with E-state index in [9.17, 15) is 9.90 Å². The molecule has 2 aromatic rings. The van der Waals surface area contributed by atoms with Gasteiger partial charge in [-0.05, 0) is 39.2 Å². The molecule has 0 saturated heterocycles. The van der Waals surface area contributed by atoms with E-state index in [4.69, 9.17) is 11.6 Å². The minimum absolute atomic E-state index is 0.290. The maximum atomic E-state index is 12.4. The van der Waals surface area contributed by atoms with Crippen molar-refractivity contribution in [3.05, 3.63) is 68.7 Å². The lowest BCUT2D eigenvalue weighted by atomic mass is 10.1. The first kappa shape index (κ1) is 14.6. The molecule has 1 aliphatic rings. The van der Waals surface area contributed by atoms with E-state index in [0.717, 1.165) is 11.1 Å². The third-order valence-corrected chi connectivity index (χ3v) is 4.98. The fourth-order valence-electron chi connectivity index (χ4n) is 2.65. The number of aliphatic hydroxyl groups excluding tert-OH is 1. The van der Waals surface area contributed by atoms with E-state index in [1.54, 1.807) is 18.2 Å². The third kappa shape index (κ3) is 2.71. The summed E-state index contributed by atoms with van der Waals surface area (Å²) in [5.41, 5.74) is 2.42. The maximum absolute atomic E-state index is 12.4. The van der Waals surface area contributed by atoms with E-state index in [-0.39, 0.29) is 5.91 Å². The lowest BCUT2D eigenvalue weighted by Crippen LogP contribution is -2.34. The van der Waals surface area contributed by atoms with Crippen molar-refractivity contribution in [1.29, 1.82) is 0 Å². The molecule has 2 N–H and O–H groups in total. The molecule has 2 aromatic carbocycles. The van der Waals surface area contributed by atoms with Crippen molar-refractivity contribution in [2.24, 2.45) is 0 Å². The molecule has 3 nitrogen and oxygen atoms in total. The van der Waals surface area contributed by atoms with Gasteiger partial charge >= 0.3 is 0 Å². The number of fused-ring (bicyclic) bond motifs is 1. The second-order valence-corrected chi connectivity index (χ2v) is 6.26. The lowest BCUT2D eigenvalue weighted by molar-refractivity contribution is 0.0858. The van der Waals surface area contributed by atoms with Crippen molar-refractivity contribution in [1.82, 2.24) is 5.32 Å². The van der Waals surface area contributed by atoms with Gasteiger partial charge in [-0.2, -0.15) is 0 Å². The van der Waals surface area contributed by atoms with Crippen molar-refractivity contribution >= 4 is 33.4 Å². The Morgan fingerprint density at radius 1 is 1.24 bits per heavy atom. The van der Waals surface area contributed by atoms with Gasteiger partial charge in [-0.25, -0.2) is 0 Å². The van der Waals surface area contributed by atoms with Gasteiger partial charge in [0.15, 0.2) is 0 Å². The van der Waals surface area contributed by atoms with Gasteiger partial charge in [0.25, 0.3) is 5.91 Å². The molecule has 1 amide bonds. The molecule has 0 saturated carbocycles. The van der Waals surface area contributed by atoms with Gasteiger partial charge in [0.1, 0.15) is 0 Å². The Morgan fingerprint density at radius 2 is 2.00 bits per heavy atom. The number of carbonyl (C=O) groups is 1.